The molecule has 2 aliphatic rings. The molecule has 2 aromatic rings. The van der Waals surface area contributed by atoms with Gasteiger partial charge in [-0.25, -0.2) is 8.42 Å². The van der Waals surface area contributed by atoms with Crippen molar-refractivity contribution in [3.05, 3.63) is 46.3 Å². The van der Waals surface area contributed by atoms with E-state index >= 15 is 0 Å². The molecule has 0 atom stereocenters. The first-order valence-electron chi connectivity index (χ1n) is 10.3. The number of aryl methyl sites for hydroxylation is 1. The molecule has 1 aromatic carbocycles. The maximum absolute atomic E-state index is 12.7. The molecule has 4 N–H and O–H groups in total. The fourth-order valence-corrected chi connectivity index (χ4v) is 4.73. The Morgan fingerprint density at radius 3 is 2.75 bits per heavy atom. The van der Waals surface area contributed by atoms with Crippen molar-refractivity contribution in [1.29, 1.82) is 0 Å². The summed E-state index contributed by atoms with van der Waals surface area (Å²) >= 11 is 0. The molecule has 1 aromatic heterocycles. The van der Waals surface area contributed by atoms with Gasteiger partial charge in [0.25, 0.3) is 5.91 Å². The molecule has 0 bridgehead atoms. The molecular formula is C22H23N3O6S. The highest BCUT2D eigenvalue weighted by Crippen LogP contribution is 2.37. The van der Waals surface area contributed by atoms with Gasteiger partial charge in [0.05, 0.1) is 11.3 Å². The van der Waals surface area contributed by atoms with E-state index in [2.05, 4.69) is 15.0 Å². The highest BCUT2D eigenvalue weighted by Gasteiger charge is 2.29. The maximum atomic E-state index is 12.7. The van der Waals surface area contributed by atoms with E-state index < -0.39 is 16.0 Å². The predicted octanol–water partition coefficient (Wildman–Crippen LogP) is 2.81. The van der Waals surface area contributed by atoms with Gasteiger partial charge in [0.1, 0.15) is 0 Å². The van der Waals surface area contributed by atoms with Gasteiger partial charge in [0.15, 0.2) is 5.78 Å². The molecule has 2 heterocycles. The van der Waals surface area contributed by atoms with Crippen LogP contribution < -0.4 is 10.0 Å². The first-order chi connectivity index (χ1) is 15.2. The van der Waals surface area contributed by atoms with Gasteiger partial charge >= 0.3 is 5.97 Å². The Labute approximate surface area is 185 Å². The van der Waals surface area contributed by atoms with Crippen molar-refractivity contribution < 1.29 is 27.9 Å². The number of Topliss-reactive ketones (excluding diaryl/α,β-unsaturated/α-hetero) is 1. The van der Waals surface area contributed by atoms with Crippen LogP contribution in [0.2, 0.25) is 0 Å². The van der Waals surface area contributed by atoms with Gasteiger partial charge in [-0.1, -0.05) is 0 Å². The number of hydrogen-bond acceptors (Lipinski definition) is 5. The number of rotatable bonds is 7. The topological polar surface area (TPSA) is 145 Å². The third-order valence-electron chi connectivity index (χ3n) is 5.66. The zero-order valence-electron chi connectivity index (χ0n) is 17.4. The zero-order valence-corrected chi connectivity index (χ0v) is 18.3. The average Bonchev–Trinajstić information content (AvgIpc) is 3.24. The van der Waals surface area contributed by atoms with Gasteiger partial charge in [-0.05, 0) is 56.0 Å². The lowest BCUT2D eigenvalue weighted by Gasteiger charge is -2.11. The molecule has 9 nitrogen and oxygen atoms in total. The molecule has 1 aliphatic carbocycles. The summed E-state index contributed by atoms with van der Waals surface area (Å²) in [7, 11) is -3.48. The number of fused-ring (bicyclic) bond motifs is 2. The minimum Gasteiger partial charge on any atom is -0.481 e. The van der Waals surface area contributed by atoms with Crippen LogP contribution in [0, 0.1) is 0 Å². The van der Waals surface area contributed by atoms with Crippen LogP contribution in [0.3, 0.4) is 0 Å². The Balaban J connectivity index is 1.79. The van der Waals surface area contributed by atoms with E-state index in [-0.39, 0.29) is 30.3 Å². The number of aromatic nitrogens is 1. The Morgan fingerprint density at radius 2 is 2.03 bits per heavy atom. The quantitative estimate of drug-likeness (QED) is 0.470. The van der Waals surface area contributed by atoms with E-state index in [0.717, 1.165) is 5.69 Å². The number of hydrogen-bond donors (Lipinski definition) is 4. The number of carboxylic acids is 1. The fourth-order valence-electron chi connectivity index (χ4n) is 4.10. The molecule has 168 valence electrons. The van der Waals surface area contributed by atoms with E-state index in [4.69, 9.17) is 5.11 Å². The van der Waals surface area contributed by atoms with Crippen LogP contribution in [0.5, 0.6) is 0 Å². The van der Waals surface area contributed by atoms with Crippen molar-refractivity contribution in [3.8, 4) is 0 Å². The number of sulfonamides is 1. The standard InChI is InChI=1S/C22H23N3O6S/c1-2-32(30,31)25-12-6-8-16-14(10-12)15(22(29)24-16)11-18-13(7-9-20(27)28)21-17(23-18)4-3-5-19(21)26/h6,8,10-11,23,25H,2-5,7,9H2,1H3,(H,24,29)(H,27,28). The number of aliphatic carboxylic acids is 1. The van der Waals surface area contributed by atoms with Gasteiger partial charge in [0.2, 0.25) is 10.0 Å². The van der Waals surface area contributed by atoms with Crippen LogP contribution in [-0.4, -0.2) is 41.9 Å². The summed E-state index contributed by atoms with van der Waals surface area (Å²) in [5.74, 6) is -1.45. The summed E-state index contributed by atoms with van der Waals surface area (Å²) in [5, 5.41) is 11.9. The van der Waals surface area contributed by atoms with Crippen LogP contribution in [-0.2, 0) is 32.5 Å². The van der Waals surface area contributed by atoms with E-state index in [1.807, 2.05) is 0 Å². The number of anilines is 2. The van der Waals surface area contributed by atoms with Gasteiger partial charge < -0.3 is 15.4 Å². The molecule has 4 rings (SSSR count). The van der Waals surface area contributed by atoms with E-state index in [1.165, 1.54) is 6.92 Å². The normalized spacial score (nSPS) is 16.6. The van der Waals surface area contributed by atoms with Crippen LogP contribution in [0.15, 0.2) is 18.2 Å². The molecular weight excluding hydrogens is 434 g/mol. The number of H-pyrrole nitrogens is 1. The highest BCUT2D eigenvalue weighted by molar-refractivity contribution is 7.92. The van der Waals surface area contributed by atoms with Crippen molar-refractivity contribution >= 4 is 50.7 Å². The largest absolute Gasteiger partial charge is 0.481 e. The van der Waals surface area contributed by atoms with Crippen molar-refractivity contribution in [2.24, 2.45) is 0 Å². The number of ketones is 1. The van der Waals surface area contributed by atoms with Crippen LogP contribution in [0.1, 0.15) is 59.1 Å². The summed E-state index contributed by atoms with van der Waals surface area (Å²) in [5.41, 5.74) is 4.13. The Hall–Kier alpha value is -3.40. The lowest BCUT2D eigenvalue weighted by atomic mass is 9.91. The number of carboxylic acid groups (broad SMARTS) is 1. The number of aromatic amines is 1. The monoisotopic (exact) mass is 457 g/mol. The fraction of sp³-hybridized carbons (Fsp3) is 0.318. The first kappa shape index (κ1) is 21.8. The summed E-state index contributed by atoms with van der Waals surface area (Å²) in [4.78, 5) is 39.6. The van der Waals surface area contributed by atoms with Gasteiger partial charge in [-0.2, -0.15) is 0 Å². The smallest absolute Gasteiger partial charge is 0.303 e. The number of nitrogens with one attached hydrogen (secondary N) is 3. The Kier molecular flexibility index (Phi) is 5.64. The van der Waals surface area contributed by atoms with Crippen molar-refractivity contribution in [1.82, 2.24) is 4.98 Å². The predicted molar refractivity (Wildman–Crippen MR) is 120 cm³/mol. The number of amides is 1. The van der Waals surface area contributed by atoms with E-state index in [9.17, 15) is 22.8 Å². The summed E-state index contributed by atoms with van der Waals surface area (Å²) in [6.07, 6.45) is 3.44. The van der Waals surface area contributed by atoms with Crippen molar-refractivity contribution in [3.63, 3.8) is 0 Å². The van der Waals surface area contributed by atoms with Gasteiger partial charge in [-0.3, -0.25) is 19.1 Å². The molecule has 0 saturated heterocycles. The maximum Gasteiger partial charge on any atom is 0.303 e. The highest BCUT2D eigenvalue weighted by atomic mass is 32.2. The van der Waals surface area contributed by atoms with E-state index in [1.54, 1.807) is 24.3 Å². The minimum absolute atomic E-state index is 0.0277. The van der Waals surface area contributed by atoms with Gasteiger partial charge in [-0.15, -0.1) is 0 Å². The summed E-state index contributed by atoms with van der Waals surface area (Å²) in [6.45, 7) is 1.53. The second-order valence-corrected chi connectivity index (χ2v) is 9.83. The van der Waals surface area contributed by atoms with Crippen LogP contribution in [0.25, 0.3) is 11.6 Å². The number of carbonyl (C=O) groups excluding carboxylic acids is 2. The van der Waals surface area contributed by atoms with Crippen LogP contribution >= 0.6 is 0 Å². The third-order valence-corrected chi connectivity index (χ3v) is 6.96. The second kappa shape index (κ2) is 8.27. The lowest BCUT2D eigenvalue weighted by Crippen LogP contribution is -2.14. The Bertz CT molecular complexity index is 1270. The van der Waals surface area contributed by atoms with Crippen molar-refractivity contribution in [2.75, 3.05) is 15.8 Å². The molecule has 0 saturated carbocycles. The molecule has 0 unspecified atom stereocenters. The lowest BCUT2D eigenvalue weighted by molar-refractivity contribution is -0.137. The molecule has 0 spiro atoms. The second-order valence-electron chi connectivity index (χ2n) is 7.82. The summed E-state index contributed by atoms with van der Waals surface area (Å²) < 4.78 is 26.3. The molecule has 1 amide bonds. The average molecular weight is 458 g/mol. The minimum atomic E-state index is -3.48. The van der Waals surface area contributed by atoms with Crippen LogP contribution in [0.4, 0.5) is 11.4 Å². The number of carbonyl (C=O) groups is 3. The molecule has 0 fully saturated rings. The third kappa shape index (κ3) is 4.18. The zero-order chi connectivity index (χ0) is 23.0. The van der Waals surface area contributed by atoms with Crippen molar-refractivity contribution in [2.45, 2.75) is 39.0 Å². The first-order valence-corrected chi connectivity index (χ1v) is 12.0. The molecule has 10 heteroatoms. The molecule has 1 aliphatic heterocycles. The summed E-state index contributed by atoms with van der Waals surface area (Å²) in [6, 6.07) is 4.77. The molecule has 32 heavy (non-hydrogen) atoms. The molecule has 0 radical (unpaired) electrons. The SMILES string of the molecule is CCS(=O)(=O)Nc1ccc2c(c1)C(=Cc1[nH]c3c(c1CCC(=O)O)C(=O)CCC3)C(=O)N2. The van der Waals surface area contributed by atoms with Gasteiger partial charge in [0, 0.05) is 46.7 Å². The van der Waals surface area contributed by atoms with E-state index in [0.29, 0.717) is 58.6 Å². The Morgan fingerprint density at radius 1 is 1.25 bits per heavy atom. The number of benzene rings is 1.